The number of aromatic nitrogens is 4. The van der Waals surface area contributed by atoms with Crippen LogP contribution in [0.2, 0.25) is 0 Å². The topological polar surface area (TPSA) is 61.4 Å². The minimum Gasteiger partial charge on any atom is -0.424 e. The van der Waals surface area contributed by atoms with E-state index in [4.69, 9.17) is 14.7 Å². The molecule has 0 saturated heterocycles. The maximum atomic E-state index is 11.7. The van der Waals surface area contributed by atoms with Crippen molar-refractivity contribution in [3.8, 4) is 11.4 Å². The fraction of sp³-hybridized carbons (Fsp3) is 0.0952. The number of rotatable bonds is 2. The molecule has 2 aromatic carbocycles. The number of carbonyl (C=O) groups excluding carboxylic acids is 1. The molecular weight excluding hydrogens is 420 g/mol. The normalized spacial score (nSPS) is 11.5. The number of hydrogen-bond acceptors (Lipinski definition) is 4. The van der Waals surface area contributed by atoms with Gasteiger partial charge in [-0.15, -0.1) is 0 Å². The van der Waals surface area contributed by atoms with E-state index in [9.17, 15) is 4.79 Å². The molecule has 0 N–H and O–H groups in total. The lowest BCUT2D eigenvalue weighted by atomic mass is 10.3. The Morgan fingerprint density at radius 3 is 2.54 bits per heavy atom. The number of halogens is 1. The standard InChI is InChI=1S/C21H15BrN4O2/c1-12-23-20-19(21-24-16-5-3-4-6-17(16)26(12)21)18(28-13(2)27)11-25(20)15-9-7-14(22)8-10-15/h3-11H,1-2H3. The maximum Gasteiger partial charge on any atom is 0.308 e. The first-order chi connectivity index (χ1) is 13.5. The molecule has 0 bridgehead atoms. The second-order valence-electron chi connectivity index (χ2n) is 6.55. The predicted molar refractivity (Wildman–Crippen MR) is 111 cm³/mol. The van der Waals surface area contributed by atoms with Crippen LogP contribution in [0, 0.1) is 6.92 Å². The molecule has 0 aliphatic rings. The molecule has 0 spiro atoms. The zero-order valence-corrected chi connectivity index (χ0v) is 16.8. The number of imidazole rings is 1. The summed E-state index contributed by atoms with van der Waals surface area (Å²) in [5, 5.41) is 0.708. The minimum absolute atomic E-state index is 0.385. The molecule has 5 rings (SSSR count). The third kappa shape index (κ3) is 2.51. The van der Waals surface area contributed by atoms with Crippen LogP contribution in [-0.2, 0) is 4.79 Å². The molecule has 28 heavy (non-hydrogen) atoms. The van der Waals surface area contributed by atoms with Gasteiger partial charge in [-0.1, -0.05) is 28.1 Å². The van der Waals surface area contributed by atoms with Crippen molar-refractivity contribution in [2.75, 3.05) is 0 Å². The average Bonchev–Trinajstić information content (AvgIpc) is 3.21. The molecule has 0 aliphatic carbocycles. The van der Waals surface area contributed by atoms with E-state index >= 15 is 0 Å². The van der Waals surface area contributed by atoms with Crippen LogP contribution in [0.5, 0.6) is 5.75 Å². The summed E-state index contributed by atoms with van der Waals surface area (Å²) in [5.74, 6) is 0.866. The van der Waals surface area contributed by atoms with Crippen LogP contribution in [0.25, 0.3) is 33.4 Å². The molecule has 7 heteroatoms. The Balaban J connectivity index is 1.93. The fourth-order valence-electron chi connectivity index (χ4n) is 3.55. The van der Waals surface area contributed by atoms with E-state index in [1.165, 1.54) is 6.92 Å². The summed E-state index contributed by atoms with van der Waals surface area (Å²) >= 11 is 3.46. The Hall–Kier alpha value is -3.19. The van der Waals surface area contributed by atoms with Gasteiger partial charge in [-0.25, -0.2) is 9.97 Å². The maximum absolute atomic E-state index is 11.7. The Labute approximate surface area is 168 Å². The Bertz CT molecular complexity index is 1380. The number of hydrogen-bond donors (Lipinski definition) is 0. The molecule has 0 saturated carbocycles. The van der Waals surface area contributed by atoms with Gasteiger partial charge in [-0.3, -0.25) is 13.8 Å². The van der Waals surface area contributed by atoms with E-state index in [-0.39, 0.29) is 5.97 Å². The van der Waals surface area contributed by atoms with Crippen molar-refractivity contribution in [1.29, 1.82) is 0 Å². The molecule has 0 atom stereocenters. The highest BCUT2D eigenvalue weighted by Crippen LogP contribution is 2.35. The van der Waals surface area contributed by atoms with Crippen LogP contribution in [0.1, 0.15) is 12.7 Å². The first kappa shape index (κ1) is 16.9. The number of aryl methyl sites for hydroxylation is 1. The van der Waals surface area contributed by atoms with Crippen LogP contribution in [0.4, 0.5) is 0 Å². The fourth-order valence-corrected chi connectivity index (χ4v) is 3.81. The zero-order chi connectivity index (χ0) is 19.4. The number of nitrogens with zero attached hydrogens (tertiary/aromatic N) is 4. The van der Waals surface area contributed by atoms with Crippen molar-refractivity contribution in [2.24, 2.45) is 0 Å². The second-order valence-corrected chi connectivity index (χ2v) is 7.47. The van der Waals surface area contributed by atoms with Gasteiger partial charge < -0.3 is 4.74 Å². The van der Waals surface area contributed by atoms with Gasteiger partial charge in [0.1, 0.15) is 11.2 Å². The summed E-state index contributed by atoms with van der Waals surface area (Å²) in [6.45, 7) is 3.34. The van der Waals surface area contributed by atoms with Gasteiger partial charge in [0, 0.05) is 17.1 Å². The highest BCUT2D eigenvalue weighted by atomic mass is 79.9. The zero-order valence-electron chi connectivity index (χ0n) is 15.2. The quantitative estimate of drug-likeness (QED) is 0.373. The van der Waals surface area contributed by atoms with Crippen molar-refractivity contribution < 1.29 is 9.53 Å². The number of benzene rings is 2. The summed E-state index contributed by atoms with van der Waals surface area (Å²) in [6.07, 6.45) is 1.79. The molecule has 0 amide bonds. The first-order valence-corrected chi connectivity index (χ1v) is 9.55. The highest BCUT2D eigenvalue weighted by Gasteiger charge is 2.21. The smallest absolute Gasteiger partial charge is 0.308 e. The lowest BCUT2D eigenvalue weighted by molar-refractivity contribution is -0.131. The predicted octanol–water partition coefficient (Wildman–Crippen LogP) is 4.82. The Kier molecular flexibility index (Phi) is 3.73. The highest BCUT2D eigenvalue weighted by molar-refractivity contribution is 9.10. The van der Waals surface area contributed by atoms with Gasteiger partial charge in [-0.05, 0) is 43.3 Å². The Morgan fingerprint density at radius 2 is 1.79 bits per heavy atom. The molecule has 138 valence electrons. The number of ether oxygens (including phenoxy) is 1. The summed E-state index contributed by atoms with van der Waals surface area (Å²) < 4.78 is 10.4. The average molecular weight is 435 g/mol. The van der Waals surface area contributed by atoms with Crippen LogP contribution in [0.15, 0.2) is 59.2 Å². The van der Waals surface area contributed by atoms with E-state index in [0.29, 0.717) is 16.8 Å². The van der Waals surface area contributed by atoms with Crippen molar-refractivity contribution >= 4 is 49.6 Å². The van der Waals surface area contributed by atoms with E-state index < -0.39 is 0 Å². The number of fused-ring (bicyclic) bond motifs is 5. The summed E-state index contributed by atoms with van der Waals surface area (Å²) in [4.78, 5) is 21.4. The van der Waals surface area contributed by atoms with E-state index in [2.05, 4.69) is 15.9 Å². The third-order valence-electron chi connectivity index (χ3n) is 4.68. The lowest BCUT2D eigenvalue weighted by Crippen LogP contribution is -2.02. The second kappa shape index (κ2) is 6.17. The largest absolute Gasteiger partial charge is 0.424 e. The molecule has 0 radical (unpaired) electrons. The molecule has 0 unspecified atom stereocenters. The molecule has 0 aliphatic heterocycles. The number of esters is 1. The molecule has 3 aromatic heterocycles. The van der Waals surface area contributed by atoms with Gasteiger partial charge in [-0.2, -0.15) is 0 Å². The monoisotopic (exact) mass is 434 g/mol. The van der Waals surface area contributed by atoms with Crippen LogP contribution in [0.3, 0.4) is 0 Å². The SMILES string of the molecule is CC(=O)Oc1cn(-c2ccc(Br)cc2)c2nc(C)n3c4ccccc4nc3c12. The van der Waals surface area contributed by atoms with Gasteiger partial charge in [0.25, 0.3) is 0 Å². The summed E-state index contributed by atoms with van der Waals surface area (Å²) in [5.41, 5.74) is 4.16. The Morgan fingerprint density at radius 1 is 1.04 bits per heavy atom. The summed E-state index contributed by atoms with van der Waals surface area (Å²) in [7, 11) is 0. The van der Waals surface area contributed by atoms with Crippen molar-refractivity contribution in [2.45, 2.75) is 13.8 Å². The van der Waals surface area contributed by atoms with E-state index in [1.807, 2.05) is 64.4 Å². The van der Waals surface area contributed by atoms with Gasteiger partial charge in [0.15, 0.2) is 17.0 Å². The molecule has 0 fully saturated rings. The van der Waals surface area contributed by atoms with E-state index in [1.54, 1.807) is 6.20 Å². The molecular formula is C21H15BrN4O2. The van der Waals surface area contributed by atoms with Crippen LogP contribution >= 0.6 is 15.9 Å². The third-order valence-corrected chi connectivity index (χ3v) is 5.21. The first-order valence-electron chi connectivity index (χ1n) is 8.76. The van der Waals surface area contributed by atoms with Crippen LogP contribution < -0.4 is 4.74 Å². The number of carbonyl (C=O) groups is 1. The van der Waals surface area contributed by atoms with Crippen molar-refractivity contribution in [3.63, 3.8) is 0 Å². The molecule has 6 nitrogen and oxygen atoms in total. The van der Waals surface area contributed by atoms with Gasteiger partial charge in [0.2, 0.25) is 0 Å². The van der Waals surface area contributed by atoms with E-state index in [0.717, 1.165) is 32.7 Å². The summed E-state index contributed by atoms with van der Waals surface area (Å²) in [6, 6.07) is 15.8. The molecule has 5 aromatic rings. The van der Waals surface area contributed by atoms with Crippen molar-refractivity contribution in [3.05, 3.63) is 65.0 Å². The van der Waals surface area contributed by atoms with Gasteiger partial charge in [0.05, 0.1) is 17.2 Å². The number of para-hydroxylation sites is 2. The molecule has 3 heterocycles. The van der Waals surface area contributed by atoms with Crippen LogP contribution in [-0.4, -0.2) is 24.9 Å². The lowest BCUT2D eigenvalue weighted by Gasteiger charge is -2.07. The minimum atomic E-state index is -0.385. The van der Waals surface area contributed by atoms with Crippen molar-refractivity contribution in [1.82, 2.24) is 18.9 Å². The van der Waals surface area contributed by atoms with Gasteiger partial charge >= 0.3 is 5.97 Å².